The quantitative estimate of drug-likeness (QED) is 0.701. The number of aryl methyl sites for hydroxylation is 1. The first-order valence-electron chi connectivity index (χ1n) is 6.69. The van der Waals surface area contributed by atoms with Crippen LogP contribution in [0.2, 0.25) is 0 Å². The van der Waals surface area contributed by atoms with E-state index < -0.39 is 0 Å². The highest BCUT2D eigenvalue weighted by atomic mass is 79.9. The highest BCUT2D eigenvalue weighted by Gasteiger charge is 2.05. The SMILES string of the molecule is CCCCCCCC(=O)Nc1cc(Br)ccc1C. The van der Waals surface area contributed by atoms with Gasteiger partial charge in [-0.1, -0.05) is 54.6 Å². The molecule has 0 atom stereocenters. The minimum absolute atomic E-state index is 0.118. The molecule has 0 unspecified atom stereocenters. The standard InChI is InChI=1S/C15H22BrNO/c1-3-4-5-6-7-8-15(18)17-14-11-13(16)10-9-12(14)2/h9-11H,3-8H2,1-2H3,(H,17,18). The Morgan fingerprint density at radius 2 is 1.94 bits per heavy atom. The molecule has 18 heavy (non-hydrogen) atoms. The van der Waals surface area contributed by atoms with Crippen molar-refractivity contribution in [3.8, 4) is 0 Å². The number of hydrogen-bond donors (Lipinski definition) is 1. The van der Waals surface area contributed by atoms with Gasteiger partial charge in [0.05, 0.1) is 0 Å². The van der Waals surface area contributed by atoms with Gasteiger partial charge in [0.2, 0.25) is 5.91 Å². The number of anilines is 1. The molecule has 1 aromatic carbocycles. The summed E-state index contributed by atoms with van der Waals surface area (Å²) in [5.41, 5.74) is 2.00. The zero-order valence-corrected chi connectivity index (χ0v) is 12.8. The van der Waals surface area contributed by atoms with Gasteiger partial charge in [0.25, 0.3) is 0 Å². The van der Waals surface area contributed by atoms with E-state index in [9.17, 15) is 4.79 Å². The molecule has 1 amide bonds. The molecule has 0 aliphatic heterocycles. The monoisotopic (exact) mass is 311 g/mol. The van der Waals surface area contributed by atoms with Crippen molar-refractivity contribution < 1.29 is 4.79 Å². The second-order valence-corrected chi connectivity index (χ2v) is 5.59. The van der Waals surface area contributed by atoms with Crippen molar-refractivity contribution in [1.82, 2.24) is 0 Å². The summed E-state index contributed by atoms with van der Waals surface area (Å²) < 4.78 is 0.992. The van der Waals surface area contributed by atoms with Crippen molar-refractivity contribution in [2.24, 2.45) is 0 Å². The summed E-state index contributed by atoms with van der Waals surface area (Å²) in [6, 6.07) is 5.93. The third-order valence-electron chi connectivity index (χ3n) is 2.98. The molecule has 2 nitrogen and oxygen atoms in total. The zero-order valence-electron chi connectivity index (χ0n) is 11.3. The van der Waals surface area contributed by atoms with Crippen LogP contribution in [-0.2, 0) is 4.79 Å². The van der Waals surface area contributed by atoms with Gasteiger partial charge in [-0.2, -0.15) is 0 Å². The lowest BCUT2D eigenvalue weighted by Crippen LogP contribution is -2.12. The van der Waals surface area contributed by atoms with Crippen molar-refractivity contribution >= 4 is 27.5 Å². The summed E-state index contributed by atoms with van der Waals surface area (Å²) in [4.78, 5) is 11.8. The van der Waals surface area contributed by atoms with Gasteiger partial charge < -0.3 is 5.32 Å². The van der Waals surface area contributed by atoms with Gasteiger partial charge in [0.15, 0.2) is 0 Å². The van der Waals surface area contributed by atoms with Gasteiger partial charge in [-0.05, 0) is 31.0 Å². The molecule has 0 spiro atoms. The highest BCUT2D eigenvalue weighted by molar-refractivity contribution is 9.10. The number of nitrogens with one attached hydrogen (secondary N) is 1. The molecule has 1 aromatic rings. The second-order valence-electron chi connectivity index (χ2n) is 4.67. The molecule has 0 aliphatic rings. The average Bonchev–Trinajstić information content (AvgIpc) is 2.33. The molecule has 0 aromatic heterocycles. The fraction of sp³-hybridized carbons (Fsp3) is 0.533. The van der Waals surface area contributed by atoms with Gasteiger partial charge in [0.1, 0.15) is 0 Å². The summed E-state index contributed by atoms with van der Waals surface area (Å²) in [5.74, 6) is 0.118. The van der Waals surface area contributed by atoms with Crippen LogP contribution < -0.4 is 5.32 Å². The molecule has 3 heteroatoms. The van der Waals surface area contributed by atoms with E-state index in [0.717, 1.165) is 28.6 Å². The van der Waals surface area contributed by atoms with E-state index in [0.29, 0.717) is 6.42 Å². The topological polar surface area (TPSA) is 29.1 Å². The Bertz CT molecular complexity index is 390. The number of rotatable bonds is 7. The van der Waals surface area contributed by atoms with Crippen LogP contribution in [0.15, 0.2) is 22.7 Å². The van der Waals surface area contributed by atoms with Crippen molar-refractivity contribution in [3.05, 3.63) is 28.2 Å². The van der Waals surface area contributed by atoms with E-state index in [4.69, 9.17) is 0 Å². The fourth-order valence-corrected chi connectivity index (χ4v) is 2.19. The van der Waals surface area contributed by atoms with Crippen molar-refractivity contribution in [2.45, 2.75) is 52.4 Å². The first-order chi connectivity index (χ1) is 8.63. The summed E-state index contributed by atoms with van der Waals surface area (Å²) in [7, 11) is 0. The molecule has 1 rings (SSSR count). The van der Waals surface area contributed by atoms with Crippen LogP contribution >= 0.6 is 15.9 Å². The van der Waals surface area contributed by atoms with E-state index in [1.807, 2.05) is 25.1 Å². The van der Waals surface area contributed by atoms with Crippen LogP contribution in [-0.4, -0.2) is 5.91 Å². The van der Waals surface area contributed by atoms with Gasteiger partial charge >= 0.3 is 0 Å². The minimum atomic E-state index is 0.118. The third-order valence-corrected chi connectivity index (χ3v) is 3.47. The second kappa shape index (κ2) is 8.30. The molecule has 0 saturated heterocycles. The number of hydrogen-bond acceptors (Lipinski definition) is 1. The van der Waals surface area contributed by atoms with Gasteiger partial charge in [-0.3, -0.25) is 4.79 Å². The van der Waals surface area contributed by atoms with Gasteiger partial charge in [-0.25, -0.2) is 0 Å². The molecule has 0 bridgehead atoms. The number of carbonyl (C=O) groups is 1. The molecule has 100 valence electrons. The largest absolute Gasteiger partial charge is 0.326 e. The van der Waals surface area contributed by atoms with Crippen LogP contribution in [0.4, 0.5) is 5.69 Å². The van der Waals surface area contributed by atoms with E-state index in [-0.39, 0.29) is 5.91 Å². The molecular weight excluding hydrogens is 290 g/mol. The Hall–Kier alpha value is -0.830. The minimum Gasteiger partial charge on any atom is -0.326 e. The number of halogens is 1. The molecule has 0 fully saturated rings. The lowest BCUT2D eigenvalue weighted by molar-refractivity contribution is -0.116. The van der Waals surface area contributed by atoms with Gasteiger partial charge in [0, 0.05) is 16.6 Å². The van der Waals surface area contributed by atoms with Crippen molar-refractivity contribution in [1.29, 1.82) is 0 Å². The third kappa shape index (κ3) is 5.67. The molecule has 0 heterocycles. The Balaban J connectivity index is 2.33. The number of amides is 1. The normalized spacial score (nSPS) is 10.4. The molecule has 0 saturated carbocycles. The molecular formula is C15H22BrNO. The van der Waals surface area contributed by atoms with Crippen LogP contribution in [0.3, 0.4) is 0 Å². The number of unbranched alkanes of at least 4 members (excludes halogenated alkanes) is 4. The molecule has 0 radical (unpaired) electrons. The Morgan fingerprint density at radius 1 is 1.22 bits per heavy atom. The Kier molecular flexibility index (Phi) is 7.02. The van der Waals surface area contributed by atoms with E-state index in [1.165, 1.54) is 19.3 Å². The Morgan fingerprint density at radius 3 is 2.67 bits per heavy atom. The van der Waals surface area contributed by atoms with Gasteiger partial charge in [-0.15, -0.1) is 0 Å². The number of carbonyl (C=O) groups excluding carboxylic acids is 1. The molecule has 1 N–H and O–H groups in total. The Labute approximate surface area is 118 Å². The average molecular weight is 312 g/mol. The van der Waals surface area contributed by atoms with Crippen LogP contribution in [0.1, 0.15) is 51.0 Å². The lowest BCUT2D eigenvalue weighted by atomic mass is 10.1. The number of benzene rings is 1. The maximum atomic E-state index is 11.8. The van der Waals surface area contributed by atoms with Crippen molar-refractivity contribution in [2.75, 3.05) is 5.32 Å². The maximum absolute atomic E-state index is 11.8. The van der Waals surface area contributed by atoms with E-state index in [1.54, 1.807) is 0 Å². The predicted molar refractivity (Wildman–Crippen MR) is 80.9 cm³/mol. The first kappa shape index (κ1) is 15.2. The summed E-state index contributed by atoms with van der Waals surface area (Å²) in [5, 5.41) is 2.97. The van der Waals surface area contributed by atoms with E-state index in [2.05, 4.69) is 28.2 Å². The highest BCUT2D eigenvalue weighted by Crippen LogP contribution is 2.21. The smallest absolute Gasteiger partial charge is 0.224 e. The lowest BCUT2D eigenvalue weighted by Gasteiger charge is -2.08. The predicted octanol–water partition coefficient (Wildman–Crippen LogP) is 5.06. The first-order valence-corrected chi connectivity index (χ1v) is 7.48. The molecule has 0 aliphatic carbocycles. The van der Waals surface area contributed by atoms with E-state index >= 15 is 0 Å². The summed E-state index contributed by atoms with van der Waals surface area (Å²) in [6.45, 7) is 4.20. The summed E-state index contributed by atoms with van der Waals surface area (Å²) >= 11 is 3.42. The van der Waals surface area contributed by atoms with Crippen LogP contribution in [0, 0.1) is 6.92 Å². The fourth-order valence-electron chi connectivity index (χ4n) is 1.83. The van der Waals surface area contributed by atoms with Crippen LogP contribution in [0.5, 0.6) is 0 Å². The van der Waals surface area contributed by atoms with Crippen molar-refractivity contribution in [3.63, 3.8) is 0 Å². The maximum Gasteiger partial charge on any atom is 0.224 e. The zero-order chi connectivity index (χ0) is 13.4. The van der Waals surface area contributed by atoms with Crippen LogP contribution in [0.25, 0.3) is 0 Å². The summed E-state index contributed by atoms with van der Waals surface area (Å²) in [6.07, 6.45) is 6.50.